The monoisotopic (exact) mass is 360 g/mol. The van der Waals surface area contributed by atoms with Crippen LogP contribution in [0.15, 0.2) is 48.5 Å². The Bertz CT molecular complexity index is 700. The maximum Gasteiger partial charge on any atom is 0.323 e. The summed E-state index contributed by atoms with van der Waals surface area (Å²) in [5.74, 6) is 1.46. The molecule has 1 saturated heterocycles. The smallest absolute Gasteiger partial charge is 0.308 e. The fourth-order valence-corrected chi connectivity index (χ4v) is 4.11. The Morgan fingerprint density at radius 3 is 2.46 bits per heavy atom. The van der Waals surface area contributed by atoms with Crippen molar-refractivity contribution < 1.29 is 4.79 Å². The van der Waals surface area contributed by atoms with Crippen LogP contribution in [0, 0.1) is 0 Å². The summed E-state index contributed by atoms with van der Waals surface area (Å²) in [6, 6.07) is 15.7. The van der Waals surface area contributed by atoms with E-state index in [4.69, 9.17) is 11.6 Å². The van der Waals surface area contributed by atoms with Gasteiger partial charge >= 0.3 is 6.03 Å². The summed E-state index contributed by atoms with van der Waals surface area (Å²) in [7, 11) is 0. The molecule has 3 nitrogen and oxygen atoms in total. The summed E-state index contributed by atoms with van der Waals surface area (Å²) in [4.78, 5) is 14.5. The third-order valence-corrected chi connectivity index (χ3v) is 5.65. The molecule has 3 rings (SSSR count). The molecule has 0 radical (unpaired) electrons. The first-order valence-corrected chi connectivity index (χ1v) is 9.52. The molecule has 2 aromatic rings. The van der Waals surface area contributed by atoms with Crippen LogP contribution in [0.3, 0.4) is 0 Å². The van der Waals surface area contributed by atoms with E-state index < -0.39 is 0 Å². The molecule has 0 spiro atoms. The van der Waals surface area contributed by atoms with Gasteiger partial charge in [0.25, 0.3) is 0 Å². The Hall–Kier alpha value is -1.65. The van der Waals surface area contributed by atoms with E-state index in [1.165, 1.54) is 11.1 Å². The Labute approximate surface area is 152 Å². The molecule has 0 aromatic heterocycles. The number of carbonyl (C=O) groups is 1. The van der Waals surface area contributed by atoms with Gasteiger partial charge in [-0.05, 0) is 41.3 Å². The molecule has 126 valence electrons. The number of amides is 2. The highest BCUT2D eigenvalue weighted by atomic mass is 35.5. The van der Waals surface area contributed by atoms with Crippen LogP contribution in [-0.2, 0) is 0 Å². The molecule has 0 aliphatic carbocycles. The zero-order valence-electron chi connectivity index (χ0n) is 13.8. The highest BCUT2D eigenvalue weighted by Crippen LogP contribution is 2.38. The number of benzene rings is 2. The average Bonchev–Trinajstić information content (AvgIpc) is 3.07. The molecule has 24 heavy (non-hydrogen) atoms. The van der Waals surface area contributed by atoms with Crippen molar-refractivity contribution in [2.75, 3.05) is 17.6 Å². The van der Waals surface area contributed by atoms with E-state index in [1.54, 1.807) is 23.9 Å². The first-order chi connectivity index (χ1) is 11.5. The predicted molar refractivity (Wildman–Crippen MR) is 103 cm³/mol. The fourth-order valence-electron chi connectivity index (χ4n) is 2.73. The predicted octanol–water partition coefficient (Wildman–Crippen LogP) is 5.74. The van der Waals surface area contributed by atoms with Gasteiger partial charge in [0.2, 0.25) is 0 Å². The van der Waals surface area contributed by atoms with Crippen molar-refractivity contribution in [1.82, 2.24) is 4.90 Å². The van der Waals surface area contributed by atoms with Crippen molar-refractivity contribution in [1.29, 1.82) is 0 Å². The summed E-state index contributed by atoms with van der Waals surface area (Å²) in [6.07, 6.45) is 0. The summed E-state index contributed by atoms with van der Waals surface area (Å²) in [5.41, 5.74) is 3.25. The van der Waals surface area contributed by atoms with E-state index in [-0.39, 0.29) is 11.4 Å². The summed E-state index contributed by atoms with van der Waals surface area (Å²) < 4.78 is 0. The highest BCUT2D eigenvalue weighted by Gasteiger charge is 2.30. The number of hydrogen-bond donors (Lipinski definition) is 1. The molecule has 2 amide bonds. The van der Waals surface area contributed by atoms with Gasteiger partial charge in [-0.15, -0.1) is 11.8 Å². The number of rotatable bonds is 3. The SMILES string of the molecule is CC(C)c1ccc([C@@H]2SCCN2C(=O)Nc2ccc(Cl)cc2)cc1. The molecular formula is C19H21ClN2OS. The molecule has 1 fully saturated rings. The molecule has 1 aliphatic rings. The summed E-state index contributed by atoms with van der Waals surface area (Å²) in [6.45, 7) is 5.12. The van der Waals surface area contributed by atoms with Crippen molar-refractivity contribution in [3.63, 3.8) is 0 Å². The van der Waals surface area contributed by atoms with Crippen LogP contribution in [0.5, 0.6) is 0 Å². The number of nitrogens with zero attached hydrogens (tertiary/aromatic N) is 1. The van der Waals surface area contributed by atoms with Crippen LogP contribution in [-0.4, -0.2) is 23.2 Å². The van der Waals surface area contributed by atoms with Crippen molar-refractivity contribution in [3.05, 3.63) is 64.7 Å². The van der Waals surface area contributed by atoms with Crippen LogP contribution in [0.2, 0.25) is 5.02 Å². The Morgan fingerprint density at radius 1 is 1.17 bits per heavy atom. The second-order valence-corrected chi connectivity index (χ2v) is 7.80. The molecular weight excluding hydrogens is 340 g/mol. The zero-order chi connectivity index (χ0) is 17.1. The molecule has 0 unspecified atom stereocenters. The number of thioether (sulfide) groups is 1. The maximum atomic E-state index is 12.6. The van der Waals surface area contributed by atoms with Gasteiger partial charge in [-0.3, -0.25) is 0 Å². The van der Waals surface area contributed by atoms with Gasteiger partial charge in [0, 0.05) is 23.0 Å². The number of anilines is 1. The van der Waals surface area contributed by atoms with E-state index in [2.05, 4.69) is 43.4 Å². The molecule has 0 bridgehead atoms. The number of urea groups is 1. The minimum absolute atomic E-state index is 0.0681. The van der Waals surface area contributed by atoms with E-state index in [9.17, 15) is 4.79 Å². The Balaban J connectivity index is 1.72. The minimum Gasteiger partial charge on any atom is -0.308 e. The standard InChI is InChI=1S/C19H21ClN2OS/c1-13(2)14-3-5-15(6-4-14)18-22(11-12-24-18)19(23)21-17-9-7-16(20)8-10-17/h3-10,13,18H,11-12H2,1-2H3,(H,21,23)/t18-/m0/s1. The number of hydrogen-bond acceptors (Lipinski definition) is 2. The normalized spacial score (nSPS) is 17.3. The molecule has 5 heteroatoms. The van der Waals surface area contributed by atoms with E-state index >= 15 is 0 Å². The van der Waals surface area contributed by atoms with Gasteiger partial charge in [0.15, 0.2) is 0 Å². The van der Waals surface area contributed by atoms with Crippen LogP contribution in [0.4, 0.5) is 10.5 Å². The Morgan fingerprint density at radius 2 is 1.83 bits per heavy atom. The molecule has 1 heterocycles. The van der Waals surface area contributed by atoms with Crippen molar-refractivity contribution >= 4 is 35.1 Å². The van der Waals surface area contributed by atoms with Crippen LogP contribution < -0.4 is 5.32 Å². The third-order valence-electron chi connectivity index (χ3n) is 4.14. The minimum atomic E-state index is -0.0692. The largest absolute Gasteiger partial charge is 0.323 e. The second kappa shape index (κ2) is 7.49. The van der Waals surface area contributed by atoms with Crippen LogP contribution >= 0.6 is 23.4 Å². The summed E-state index contributed by atoms with van der Waals surface area (Å²) in [5, 5.41) is 3.68. The lowest BCUT2D eigenvalue weighted by Crippen LogP contribution is -2.34. The van der Waals surface area contributed by atoms with Gasteiger partial charge in [0.1, 0.15) is 5.37 Å². The van der Waals surface area contributed by atoms with Crippen molar-refractivity contribution in [2.45, 2.75) is 25.1 Å². The first-order valence-electron chi connectivity index (χ1n) is 8.09. The van der Waals surface area contributed by atoms with Gasteiger partial charge in [-0.1, -0.05) is 49.7 Å². The van der Waals surface area contributed by atoms with Gasteiger partial charge in [0.05, 0.1) is 0 Å². The number of carbonyl (C=O) groups excluding carboxylic acids is 1. The lowest BCUT2D eigenvalue weighted by molar-refractivity contribution is 0.214. The Kier molecular flexibility index (Phi) is 5.36. The number of nitrogens with one attached hydrogen (secondary N) is 1. The van der Waals surface area contributed by atoms with Crippen molar-refractivity contribution in [3.8, 4) is 0 Å². The quantitative estimate of drug-likeness (QED) is 0.756. The lowest BCUT2D eigenvalue weighted by atomic mass is 10.0. The molecule has 0 saturated carbocycles. The zero-order valence-corrected chi connectivity index (χ0v) is 15.4. The molecule has 1 N–H and O–H groups in total. The first kappa shape index (κ1) is 17.2. The molecule has 1 aliphatic heterocycles. The van der Waals surface area contributed by atoms with E-state index in [0.29, 0.717) is 10.9 Å². The van der Waals surface area contributed by atoms with E-state index in [1.807, 2.05) is 17.0 Å². The van der Waals surface area contributed by atoms with Gasteiger partial charge in [-0.2, -0.15) is 0 Å². The molecule has 1 atom stereocenters. The van der Waals surface area contributed by atoms with Crippen LogP contribution in [0.1, 0.15) is 36.3 Å². The molecule has 2 aromatic carbocycles. The number of halogens is 1. The average molecular weight is 361 g/mol. The third kappa shape index (κ3) is 3.87. The summed E-state index contributed by atoms with van der Waals surface area (Å²) >= 11 is 7.69. The van der Waals surface area contributed by atoms with Crippen LogP contribution in [0.25, 0.3) is 0 Å². The van der Waals surface area contributed by atoms with Crippen molar-refractivity contribution in [2.24, 2.45) is 0 Å². The fraction of sp³-hybridized carbons (Fsp3) is 0.316. The highest BCUT2D eigenvalue weighted by molar-refractivity contribution is 7.99. The van der Waals surface area contributed by atoms with E-state index in [0.717, 1.165) is 18.0 Å². The lowest BCUT2D eigenvalue weighted by Gasteiger charge is -2.24. The maximum absolute atomic E-state index is 12.6. The van der Waals surface area contributed by atoms with Gasteiger partial charge < -0.3 is 10.2 Å². The van der Waals surface area contributed by atoms with Gasteiger partial charge in [-0.25, -0.2) is 4.79 Å². The topological polar surface area (TPSA) is 32.3 Å². The second-order valence-electron chi connectivity index (χ2n) is 6.17.